The molecule has 0 unspecified atom stereocenters. The molecule has 0 saturated heterocycles. The maximum Gasteiger partial charge on any atom is 0.0947 e. The summed E-state index contributed by atoms with van der Waals surface area (Å²) in [6.07, 6.45) is 10.6. The van der Waals surface area contributed by atoms with Crippen molar-refractivity contribution in [2.24, 2.45) is 5.41 Å². The minimum atomic E-state index is 0.479. The fourth-order valence-electron chi connectivity index (χ4n) is 3.41. The molecule has 1 aromatic heterocycles. The Balaban J connectivity index is 1.90. The Morgan fingerprint density at radius 1 is 1.32 bits per heavy atom. The van der Waals surface area contributed by atoms with E-state index in [0.29, 0.717) is 5.41 Å². The van der Waals surface area contributed by atoms with E-state index in [-0.39, 0.29) is 0 Å². The van der Waals surface area contributed by atoms with Gasteiger partial charge in [0.15, 0.2) is 0 Å². The highest BCUT2D eigenvalue weighted by Gasteiger charge is 2.32. The third-order valence-corrected chi connectivity index (χ3v) is 4.30. The van der Waals surface area contributed by atoms with Gasteiger partial charge in [0.2, 0.25) is 0 Å². The van der Waals surface area contributed by atoms with Crippen molar-refractivity contribution in [1.29, 1.82) is 0 Å². The van der Waals surface area contributed by atoms with Gasteiger partial charge in [0.25, 0.3) is 0 Å². The molecule has 0 aromatic carbocycles. The SMILES string of the molecule is CCNCC1(CN(C)Cc2ccoc2)CCCCC1. The summed E-state index contributed by atoms with van der Waals surface area (Å²) >= 11 is 0. The molecule has 108 valence electrons. The Kier molecular flexibility index (Phi) is 5.46. The summed E-state index contributed by atoms with van der Waals surface area (Å²) in [5.74, 6) is 0. The van der Waals surface area contributed by atoms with E-state index in [1.807, 2.05) is 6.26 Å². The summed E-state index contributed by atoms with van der Waals surface area (Å²) in [5.41, 5.74) is 1.75. The highest BCUT2D eigenvalue weighted by Crippen LogP contribution is 2.36. The molecule has 1 aromatic rings. The second-order valence-electron chi connectivity index (χ2n) is 6.14. The first-order chi connectivity index (χ1) is 9.24. The molecule has 1 fully saturated rings. The predicted octanol–water partition coefficient (Wildman–Crippen LogP) is 3.27. The van der Waals surface area contributed by atoms with Gasteiger partial charge < -0.3 is 14.6 Å². The Morgan fingerprint density at radius 2 is 2.11 bits per heavy atom. The lowest BCUT2D eigenvalue weighted by Gasteiger charge is -2.40. The van der Waals surface area contributed by atoms with E-state index < -0.39 is 0 Å². The van der Waals surface area contributed by atoms with Gasteiger partial charge in [-0.1, -0.05) is 26.2 Å². The molecule has 0 aliphatic heterocycles. The monoisotopic (exact) mass is 264 g/mol. The van der Waals surface area contributed by atoms with Gasteiger partial charge in [-0.25, -0.2) is 0 Å². The van der Waals surface area contributed by atoms with Gasteiger partial charge in [0, 0.05) is 25.2 Å². The summed E-state index contributed by atoms with van der Waals surface area (Å²) in [7, 11) is 2.23. The summed E-state index contributed by atoms with van der Waals surface area (Å²) in [6.45, 7) is 6.62. The van der Waals surface area contributed by atoms with Crippen LogP contribution in [0.25, 0.3) is 0 Å². The average molecular weight is 264 g/mol. The quantitative estimate of drug-likeness (QED) is 0.819. The molecule has 0 radical (unpaired) electrons. The van der Waals surface area contributed by atoms with E-state index in [4.69, 9.17) is 4.42 Å². The van der Waals surface area contributed by atoms with Crippen molar-refractivity contribution in [3.63, 3.8) is 0 Å². The maximum absolute atomic E-state index is 5.16. The zero-order valence-electron chi connectivity index (χ0n) is 12.5. The van der Waals surface area contributed by atoms with Gasteiger partial charge in [-0.15, -0.1) is 0 Å². The molecule has 1 aliphatic rings. The standard InChI is InChI=1S/C16H28N2O/c1-3-17-13-16(8-5-4-6-9-16)14-18(2)11-15-7-10-19-12-15/h7,10,12,17H,3-6,8-9,11,13-14H2,1-2H3. The maximum atomic E-state index is 5.16. The highest BCUT2D eigenvalue weighted by atomic mass is 16.3. The molecule has 19 heavy (non-hydrogen) atoms. The van der Waals surface area contributed by atoms with Crippen LogP contribution in [0.2, 0.25) is 0 Å². The first kappa shape index (κ1) is 14.6. The summed E-state index contributed by atoms with van der Waals surface area (Å²) in [6, 6.07) is 2.06. The van der Waals surface area contributed by atoms with Crippen LogP contribution in [0, 0.1) is 5.41 Å². The van der Waals surface area contributed by atoms with Gasteiger partial charge in [0.1, 0.15) is 0 Å². The van der Waals surface area contributed by atoms with Gasteiger partial charge >= 0.3 is 0 Å². The van der Waals surface area contributed by atoms with Crippen molar-refractivity contribution in [3.8, 4) is 0 Å². The minimum absolute atomic E-state index is 0.479. The number of nitrogens with zero attached hydrogens (tertiary/aromatic N) is 1. The van der Waals surface area contributed by atoms with Gasteiger partial charge in [0.05, 0.1) is 12.5 Å². The van der Waals surface area contributed by atoms with Crippen LogP contribution in [-0.2, 0) is 6.54 Å². The van der Waals surface area contributed by atoms with Crippen LogP contribution in [-0.4, -0.2) is 31.6 Å². The second kappa shape index (κ2) is 7.11. The predicted molar refractivity (Wildman–Crippen MR) is 79.1 cm³/mol. The topological polar surface area (TPSA) is 28.4 Å². The minimum Gasteiger partial charge on any atom is -0.472 e. The first-order valence-electron chi connectivity index (χ1n) is 7.64. The van der Waals surface area contributed by atoms with Crippen molar-refractivity contribution >= 4 is 0 Å². The van der Waals surface area contributed by atoms with E-state index in [1.54, 1.807) is 6.26 Å². The van der Waals surface area contributed by atoms with Gasteiger partial charge in [-0.3, -0.25) is 0 Å². The van der Waals surface area contributed by atoms with Crippen LogP contribution in [0.3, 0.4) is 0 Å². The molecule has 1 heterocycles. The molecule has 0 bridgehead atoms. The van der Waals surface area contributed by atoms with Crippen molar-refractivity contribution in [2.75, 3.05) is 26.7 Å². The fourth-order valence-corrected chi connectivity index (χ4v) is 3.41. The highest BCUT2D eigenvalue weighted by molar-refractivity contribution is 5.05. The molecule has 0 spiro atoms. The smallest absolute Gasteiger partial charge is 0.0947 e. The van der Waals surface area contributed by atoms with Crippen LogP contribution in [0.4, 0.5) is 0 Å². The van der Waals surface area contributed by atoms with Crippen LogP contribution in [0.5, 0.6) is 0 Å². The lowest BCUT2D eigenvalue weighted by Crippen LogP contribution is -2.44. The molecule has 1 N–H and O–H groups in total. The molecule has 1 aliphatic carbocycles. The Morgan fingerprint density at radius 3 is 2.74 bits per heavy atom. The molecule has 1 saturated carbocycles. The van der Waals surface area contributed by atoms with Crippen molar-refractivity contribution in [3.05, 3.63) is 24.2 Å². The molecule has 3 nitrogen and oxygen atoms in total. The van der Waals surface area contributed by atoms with Crippen LogP contribution >= 0.6 is 0 Å². The largest absolute Gasteiger partial charge is 0.472 e. The van der Waals surface area contributed by atoms with E-state index in [2.05, 4.69) is 30.3 Å². The number of rotatable bonds is 7. The summed E-state index contributed by atoms with van der Waals surface area (Å²) in [4.78, 5) is 2.45. The van der Waals surface area contributed by atoms with Gasteiger partial charge in [-0.05, 0) is 37.9 Å². The third kappa shape index (κ3) is 4.36. The van der Waals surface area contributed by atoms with Gasteiger partial charge in [-0.2, -0.15) is 0 Å². The Labute approximate surface area is 117 Å². The first-order valence-corrected chi connectivity index (χ1v) is 7.64. The second-order valence-corrected chi connectivity index (χ2v) is 6.14. The van der Waals surface area contributed by atoms with Crippen molar-refractivity contribution in [1.82, 2.24) is 10.2 Å². The molecule has 2 rings (SSSR count). The Hall–Kier alpha value is -0.800. The van der Waals surface area contributed by atoms with E-state index >= 15 is 0 Å². The lowest BCUT2D eigenvalue weighted by atomic mass is 9.73. The normalized spacial score (nSPS) is 18.9. The van der Waals surface area contributed by atoms with Crippen LogP contribution in [0.15, 0.2) is 23.0 Å². The Bertz CT molecular complexity index is 342. The zero-order chi connectivity index (χ0) is 13.6. The lowest BCUT2D eigenvalue weighted by molar-refractivity contribution is 0.114. The van der Waals surface area contributed by atoms with Crippen molar-refractivity contribution < 1.29 is 4.42 Å². The number of hydrogen-bond acceptors (Lipinski definition) is 3. The zero-order valence-corrected chi connectivity index (χ0v) is 12.5. The number of furan rings is 1. The molecule has 0 atom stereocenters. The third-order valence-electron chi connectivity index (χ3n) is 4.30. The fraction of sp³-hybridized carbons (Fsp3) is 0.750. The van der Waals surface area contributed by atoms with Crippen LogP contribution in [0.1, 0.15) is 44.6 Å². The van der Waals surface area contributed by atoms with Crippen LogP contribution < -0.4 is 5.32 Å². The summed E-state index contributed by atoms with van der Waals surface area (Å²) < 4.78 is 5.16. The average Bonchev–Trinajstić information content (AvgIpc) is 2.90. The van der Waals surface area contributed by atoms with Crippen molar-refractivity contribution in [2.45, 2.75) is 45.6 Å². The number of hydrogen-bond donors (Lipinski definition) is 1. The molecular formula is C16H28N2O. The number of nitrogens with one attached hydrogen (secondary N) is 1. The van der Waals surface area contributed by atoms with E-state index in [9.17, 15) is 0 Å². The molecule has 0 amide bonds. The van der Waals surface area contributed by atoms with E-state index in [0.717, 1.165) is 13.1 Å². The summed E-state index contributed by atoms with van der Waals surface area (Å²) in [5, 5.41) is 3.58. The molecule has 3 heteroatoms. The van der Waals surface area contributed by atoms with E-state index in [1.165, 1.54) is 50.8 Å². The molecular weight excluding hydrogens is 236 g/mol.